The van der Waals surface area contributed by atoms with E-state index in [-0.39, 0.29) is 11.7 Å². The fourth-order valence-electron chi connectivity index (χ4n) is 2.48. The summed E-state index contributed by atoms with van der Waals surface area (Å²) in [4.78, 5) is 12.3. The Morgan fingerprint density at radius 3 is 2.65 bits per heavy atom. The Hall–Kier alpha value is -3.13. The Labute approximate surface area is 155 Å². The summed E-state index contributed by atoms with van der Waals surface area (Å²) in [5.74, 6) is -0.697. The summed E-state index contributed by atoms with van der Waals surface area (Å²) in [5, 5.41) is 15.2. The van der Waals surface area contributed by atoms with E-state index in [1.54, 1.807) is 10.6 Å². The van der Waals surface area contributed by atoms with Gasteiger partial charge in [0.25, 0.3) is 5.91 Å². The van der Waals surface area contributed by atoms with Crippen molar-refractivity contribution in [1.29, 1.82) is 0 Å². The third kappa shape index (κ3) is 3.18. The molecule has 0 saturated heterocycles. The molecule has 0 unspecified atom stereocenters. The highest BCUT2D eigenvalue weighted by Gasteiger charge is 2.09. The molecule has 0 spiro atoms. The number of carbonyl (C=O) groups is 1. The molecule has 2 aromatic heterocycles. The Bertz CT molecular complexity index is 1110. The molecule has 1 N–H and O–H groups in total. The zero-order chi connectivity index (χ0) is 18.1. The maximum Gasteiger partial charge on any atom is 0.255 e. The minimum atomic E-state index is -0.384. The second-order valence-electron chi connectivity index (χ2n) is 5.50. The molecule has 0 saturated carbocycles. The molecule has 1 amide bonds. The van der Waals surface area contributed by atoms with E-state index in [0.29, 0.717) is 27.3 Å². The monoisotopic (exact) mass is 411 g/mol. The van der Waals surface area contributed by atoms with Crippen molar-refractivity contribution in [2.75, 3.05) is 5.32 Å². The van der Waals surface area contributed by atoms with Crippen molar-refractivity contribution in [1.82, 2.24) is 19.8 Å². The van der Waals surface area contributed by atoms with E-state index < -0.39 is 0 Å². The molecule has 0 atom stereocenters. The lowest BCUT2D eigenvalue weighted by Crippen LogP contribution is -2.11. The van der Waals surface area contributed by atoms with Crippen molar-refractivity contribution < 1.29 is 9.18 Å². The van der Waals surface area contributed by atoms with Crippen LogP contribution < -0.4 is 5.32 Å². The standard InChI is InChI=1S/C18H11BrFN5O/c19-18-23-22-16-9-8-15(24-25(16)18)12-2-1-3-14(10-12)21-17(26)11-4-6-13(20)7-5-11/h1-10H,(H,21,26). The molecule has 8 heteroatoms. The number of anilines is 1. The summed E-state index contributed by atoms with van der Waals surface area (Å²) >= 11 is 3.29. The van der Waals surface area contributed by atoms with Crippen LogP contribution in [0.1, 0.15) is 10.4 Å². The van der Waals surface area contributed by atoms with Gasteiger partial charge in [0.1, 0.15) is 5.82 Å². The fraction of sp³-hybridized carbons (Fsp3) is 0. The summed E-state index contributed by atoms with van der Waals surface area (Å²) in [7, 11) is 0. The molecular formula is C18H11BrFN5O. The van der Waals surface area contributed by atoms with Crippen LogP contribution >= 0.6 is 15.9 Å². The maximum absolute atomic E-state index is 13.0. The van der Waals surface area contributed by atoms with Gasteiger partial charge in [-0.15, -0.1) is 10.2 Å². The summed E-state index contributed by atoms with van der Waals surface area (Å²) in [6, 6.07) is 16.3. The van der Waals surface area contributed by atoms with Crippen LogP contribution in [-0.2, 0) is 0 Å². The number of nitrogens with zero attached hydrogens (tertiary/aromatic N) is 4. The van der Waals surface area contributed by atoms with E-state index in [2.05, 4.69) is 36.5 Å². The Morgan fingerprint density at radius 2 is 1.85 bits per heavy atom. The number of carbonyl (C=O) groups excluding carboxylic acids is 1. The minimum Gasteiger partial charge on any atom is -0.322 e. The molecule has 2 heterocycles. The van der Waals surface area contributed by atoms with E-state index in [9.17, 15) is 9.18 Å². The van der Waals surface area contributed by atoms with Gasteiger partial charge < -0.3 is 5.32 Å². The van der Waals surface area contributed by atoms with E-state index >= 15 is 0 Å². The molecule has 0 aliphatic carbocycles. The first-order valence-corrected chi connectivity index (χ1v) is 8.45. The van der Waals surface area contributed by atoms with Gasteiger partial charge in [0.15, 0.2) is 5.65 Å². The van der Waals surface area contributed by atoms with Crippen molar-refractivity contribution in [3.8, 4) is 11.3 Å². The summed E-state index contributed by atoms with van der Waals surface area (Å²) in [6.07, 6.45) is 0. The molecule has 128 valence electrons. The normalized spacial score (nSPS) is 10.8. The average molecular weight is 412 g/mol. The SMILES string of the molecule is O=C(Nc1cccc(-c2ccc3nnc(Br)n3n2)c1)c1ccc(F)cc1. The second-order valence-corrected chi connectivity index (χ2v) is 6.21. The molecule has 4 rings (SSSR count). The molecule has 0 fully saturated rings. The molecular weight excluding hydrogens is 401 g/mol. The van der Waals surface area contributed by atoms with Gasteiger partial charge in [0.05, 0.1) is 5.69 Å². The molecule has 26 heavy (non-hydrogen) atoms. The van der Waals surface area contributed by atoms with Gasteiger partial charge in [0.2, 0.25) is 4.73 Å². The molecule has 2 aromatic carbocycles. The Balaban J connectivity index is 1.62. The maximum atomic E-state index is 13.0. The highest BCUT2D eigenvalue weighted by molar-refractivity contribution is 9.10. The third-order valence-corrected chi connectivity index (χ3v) is 4.24. The largest absolute Gasteiger partial charge is 0.322 e. The van der Waals surface area contributed by atoms with Gasteiger partial charge >= 0.3 is 0 Å². The molecule has 0 aliphatic heterocycles. The van der Waals surface area contributed by atoms with Crippen LogP contribution in [0.2, 0.25) is 0 Å². The zero-order valence-electron chi connectivity index (χ0n) is 13.2. The van der Waals surface area contributed by atoms with Crippen molar-refractivity contribution in [2.45, 2.75) is 0 Å². The van der Waals surface area contributed by atoms with Gasteiger partial charge in [0, 0.05) is 16.8 Å². The van der Waals surface area contributed by atoms with Crippen LogP contribution in [0.5, 0.6) is 0 Å². The number of halogens is 2. The van der Waals surface area contributed by atoms with Gasteiger partial charge in [-0.05, 0) is 64.5 Å². The zero-order valence-corrected chi connectivity index (χ0v) is 14.8. The quantitative estimate of drug-likeness (QED) is 0.553. The van der Waals surface area contributed by atoms with Crippen molar-refractivity contribution in [3.63, 3.8) is 0 Å². The number of amides is 1. The number of fused-ring (bicyclic) bond motifs is 1. The minimum absolute atomic E-state index is 0.313. The topological polar surface area (TPSA) is 72.2 Å². The Morgan fingerprint density at radius 1 is 1.04 bits per heavy atom. The van der Waals surface area contributed by atoms with Crippen molar-refractivity contribution in [3.05, 3.63) is 76.8 Å². The van der Waals surface area contributed by atoms with Gasteiger partial charge in [-0.2, -0.15) is 9.61 Å². The van der Waals surface area contributed by atoms with Crippen LogP contribution in [0.4, 0.5) is 10.1 Å². The van der Waals surface area contributed by atoms with Crippen LogP contribution in [0, 0.1) is 5.82 Å². The second kappa shape index (κ2) is 6.64. The first-order chi connectivity index (χ1) is 12.6. The number of hydrogen-bond acceptors (Lipinski definition) is 4. The molecule has 6 nitrogen and oxygen atoms in total. The van der Waals surface area contributed by atoms with Gasteiger partial charge in [-0.25, -0.2) is 4.39 Å². The fourth-order valence-corrected chi connectivity index (χ4v) is 2.82. The van der Waals surface area contributed by atoms with Crippen LogP contribution in [0.3, 0.4) is 0 Å². The Kier molecular flexibility index (Phi) is 4.18. The predicted octanol–water partition coefficient (Wildman–Crippen LogP) is 3.95. The highest BCUT2D eigenvalue weighted by atomic mass is 79.9. The molecule has 0 radical (unpaired) electrons. The lowest BCUT2D eigenvalue weighted by atomic mass is 10.1. The highest BCUT2D eigenvalue weighted by Crippen LogP contribution is 2.22. The van der Waals surface area contributed by atoms with Crippen molar-refractivity contribution in [2.24, 2.45) is 0 Å². The molecule has 0 aliphatic rings. The smallest absolute Gasteiger partial charge is 0.255 e. The first-order valence-electron chi connectivity index (χ1n) is 7.65. The van der Waals surface area contributed by atoms with E-state index in [0.717, 1.165) is 5.56 Å². The van der Waals surface area contributed by atoms with E-state index in [4.69, 9.17) is 0 Å². The average Bonchev–Trinajstić information content (AvgIpc) is 3.03. The summed E-state index contributed by atoms with van der Waals surface area (Å²) in [5.41, 5.74) is 3.15. The lowest BCUT2D eigenvalue weighted by Gasteiger charge is -2.08. The summed E-state index contributed by atoms with van der Waals surface area (Å²) < 4.78 is 15.1. The van der Waals surface area contributed by atoms with Gasteiger partial charge in [-0.3, -0.25) is 4.79 Å². The number of benzene rings is 2. The van der Waals surface area contributed by atoms with Crippen LogP contribution in [0.15, 0.2) is 65.4 Å². The van der Waals surface area contributed by atoms with E-state index in [1.165, 1.54) is 24.3 Å². The third-order valence-electron chi connectivity index (χ3n) is 3.75. The summed E-state index contributed by atoms with van der Waals surface area (Å²) in [6.45, 7) is 0. The van der Waals surface area contributed by atoms with Gasteiger partial charge in [-0.1, -0.05) is 12.1 Å². The lowest BCUT2D eigenvalue weighted by molar-refractivity contribution is 0.102. The molecule has 0 bridgehead atoms. The van der Waals surface area contributed by atoms with E-state index in [1.807, 2.05) is 30.3 Å². The number of hydrogen-bond donors (Lipinski definition) is 1. The molecule has 4 aromatic rings. The number of nitrogens with one attached hydrogen (secondary N) is 1. The number of aromatic nitrogens is 4. The van der Waals surface area contributed by atoms with Crippen molar-refractivity contribution >= 4 is 33.2 Å². The number of rotatable bonds is 3. The van der Waals surface area contributed by atoms with Crippen LogP contribution in [-0.4, -0.2) is 25.7 Å². The first kappa shape index (κ1) is 16.3. The van der Waals surface area contributed by atoms with Crippen LogP contribution in [0.25, 0.3) is 16.9 Å². The predicted molar refractivity (Wildman–Crippen MR) is 98.3 cm³/mol.